The van der Waals surface area contributed by atoms with Crippen molar-refractivity contribution in [3.63, 3.8) is 0 Å². The highest BCUT2D eigenvalue weighted by atomic mass is 32.2. The predicted octanol–water partition coefficient (Wildman–Crippen LogP) is 6.12. The van der Waals surface area contributed by atoms with Crippen molar-refractivity contribution in [2.75, 3.05) is 0 Å². The molecule has 0 spiro atoms. The quantitative estimate of drug-likeness (QED) is 0.441. The minimum absolute atomic E-state index is 0.123. The van der Waals surface area contributed by atoms with Gasteiger partial charge in [0.05, 0.1) is 0 Å². The first kappa shape index (κ1) is 17.8. The van der Waals surface area contributed by atoms with Gasteiger partial charge in [0.15, 0.2) is 0 Å². The van der Waals surface area contributed by atoms with Crippen molar-refractivity contribution in [2.24, 2.45) is 5.10 Å². The van der Waals surface area contributed by atoms with Crippen LogP contribution >= 0.6 is 11.8 Å². The highest BCUT2D eigenvalue weighted by Gasteiger charge is 2.21. The van der Waals surface area contributed by atoms with Crippen LogP contribution in [0.5, 0.6) is 5.75 Å². The van der Waals surface area contributed by atoms with Crippen LogP contribution in [-0.2, 0) is 6.61 Å². The van der Waals surface area contributed by atoms with Gasteiger partial charge in [0.1, 0.15) is 22.8 Å². The molecule has 4 heteroatoms. The Morgan fingerprint density at radius 2 is 1.55 bits per heavy atom. The highest BCUT2D eigenvalue weighted by molar-refractivity contribution is 8.14. The lowest BCUT2D eigenvalue weighted by Gasteiger charge is -2.12. The lowest BCUT2D eigenvalue weighted by molar-refractivity contribution is 0.307. The van der Waals surface area contributed by atoms with Gasteiger partial charge in [-0.2, -0.15) is 5.10 Å². The van der Waals surface area contributed by atoms with E-state index in [0.29, 0.717) is 6.61 Å². The number of benzene rings is 4. The predicted molar refractivity (Wildman–Crippen MR) is 121 cm³/mol. The van der Waals surface area contributed by atoms with Crippen LogP contribution in [0.1, 0.15) is 22.1 Å². The molecule has 1 heterocycles. The van der Waals surface area contributed by atoms with Crippen molar-refractivity contribution < 1.29 is 4.74 Å². The Hall–Kier alpha value is -3.24. The van der Waals surface area contributed by atoms with Crippen LogP contribution in [0.15, 0.2) is 102 Å². The van der Waals surface area contributed by atoms with Gasteiger partial charge in [0.2, 0.25) is 0 Å². The molecule has 0 bridgehead atoms. The molecule has 0 radical (unpaired) electrons. The van der Waals surface area contributed by atoms with E-state index in [-0.39, 0.29) is 5.37 Å². The first-order chi connectivity index (χ1) is 14.4. The molecule has 0 aromatic heterocycles. The molecule has 5 rings (SSSR count). The van der Waals surface area contributed by atoms with E-state index in [9.17, 15) is 0 Å². The zero-order valence-electron chi connectivity index (χ0n) is 15.8. The number of hydrogen-bond donors (Lipinski definition) is 1. The second-order valence-corrected chi connectivity index (χ2v) is 8.00. The zero-order chi connectivity index (χ0) is 19.5. The van der Waals surface area contributed by atoms with E-state index in [1.165, 1.54) is 21.9 Å². The monoisotopic (exact) mass is 396 g/mol. The Morgan fingerprint density at radius 1 is 0.793 bits per heavy atom. The van der Waals surface area contributed by atoms with Gasteiger partial charge in [-0.1, -0.05) is 96.7 Å². The summed E-state index contributed by atoms with van der Waals surface area (Å²) >= 11 is 1.73. The van der Waals surface area contributed by atoms with Crippen LogP contribution < -0.4 is 10.2 Å². The number of hydrogen-bond acceptors (Lipinski definition) is 4. The highest BCUT2D eigenvalue weighted by Crippen LogP contribution is 2.34. The van der Waals surface area contributed by atoms with E-state index in [2.05, 4.69) is 77.3 Å². The molecule has 4 aromatic carbocycles. The number of nitrogens with one attached hydrogen (secondary N) is 1. The molecule has 0 saturated heterocycles. The van der Waals surface area contributed by atoms with Gasteiger partial charge in [0, 0.05) is 5.56 Å². The molecule has 1 N–H and O–H groups in total. The molecule has 29 heavy (non-hydrogen) atoms. The number of nitrogens with zero attached hydrogens (tertiary/aromatic N) is 1. The van der Waals surface area contributed by atoms with Gasteiger partial charge in [-0.15, -0.1) is 0 Å². The van der Waals surface area contributed by atoms with Crippen LogP contribution in [0.4, 0.5) is 0 Å². The van der Waals surface area contributed by atoms with Crippen LogP contribution in [-0.4, -0.2) is 5.04 Å². The Morgan fingerprint density at radius 3 is 2.41 bits per heavy atom. The Bertz CT molecular complexity index is 1150. The summed E-state index contributed by atoms with van der Waals surface area (Å²) in [5.74, 6) is 0.869. The number of rotatable bonds is 5. The van der Waals surface area contributed by atoms with E-state index in [4.69, 9.17) is 4.74 Å². The largest absolute Gasteiger partial charge is 0.489 e. The third kappa shape index (κ3) is 3.84. The molecule has 1 aliphatic rings. The van der Waals surface area contributed by atoms with Gasteiger partial charge in [-0.25, -0.2) is 0 Å². The average Bonchev–Trinajstić information content (AvgIpc) is 3.29. The first-order valence-electron chi connectivity index (χ1n) is 9.61. The number of fused-ring (bicyclic) bond motifs is 1. The molecular weight excluding hydrogens is 376 g/mol. The summed E-state index contributed by atoms with van der Waals surface area (Å²) in [6.45, 7) is 0.554. The van der Waals surface area contributed by atoms with Crippen molar-refractivity contribution in [2.45, 2.75) is 12.0 Å². The molecule has 0 unspecified atom stereocenters. The summed E-state index contributed by atoms with van der Waals surface area (Å²) in [6.07, 6.45) is 0. The minimum Gasteiger partial charge on any atom is -0.489 e. The van der Waals surface area contributed by atoms with Gasteiger partial charge < -0.3 is 4.74 Å². The lowest BCUT2D eigenvalue weighted by Crippen LogP contribution is -2.06. The lowest BCUT2D eigenvalue weighted by atomic mass is 10.1. The van der Waals surface area contributed by atoms with E-state index in [1.807, 2.05) is 30.3 Å². The molecule has 3 nitrogen and oxygen atoms in total. The van der Waals surface area contributed by atoms with E-state index in [1.54, 1.807) is 11.8 Å². The third-order valence-corrected chi connectivity index (χ3v) is 6.15. The maximum atomic E-state index is 6.05. The van der Waals surface area contributed by atoms with Gasteiger partial charge >= 0.3 is 0 Å². The Kier molecular flexibility index (Phi) is 4.93. The topological polar surface area (TPSA) is 33.6 Å². The van der Waals surface area contributed by atoms with E-state index >= 15 is 0 Å². The molecule has 0 saturated carbocycles. The van der Waals surface area contributed by atoms with Gasteiger partial charge in [0.25, 0.3) is 0 Å². The van der Waals surface area contributed by atoms with Crippen molar-refractivity contribution in [3.8, 4) is 5.75 Å². The van der Waals surface area contributed by atoms with Crippen LogP contribution in [0, 0.1) is 0 Å². The first-order valence-corrected chi connectivity index (χ1v) is 10.5. The molecule has 0 amide bonds. The van der Waals surface area contributed by atoms with Crippen LogP contribution in [0.3, 0.4) is 0 Å². The summed E-state index contributed by atoms with van der Waals surface area (Å²) in [5, 5.41) is 8.11. The van der Waals surface area contributed by atoms with Crippen molar-refractivity contribution in [1.29, 1.82) is 0 Å². The fourth-order valence-corrected chi connectivity index (χ4v) is 4.46. The fourth-order valence-electron chi connectivity index (χ4n) is 3.46. The Labute approximate surface area is 174 Å². The standard InChI is InChI=1S/C25H20N2OS/c1-2-8-19(9-3-1)24-26-27-25(29-24)20-13-15-22(16-14-20)28-17-21-11-6-10-18-7-4-5-12-23(18)21/h1-16,25,27H,17H2/t25-/m0/s1. The maximum Gasteiger partial charge on any atom is 0.126 e. The maximum absolute atomic E-state index is 6.05. The van der Waals surface area contributed by atoms with Crippen molar-refractivity contribution >= 4 is 27.6 Å². The summed E-state index contributed by atoms with van der Waals surface area (Å²) in [6, 6.07) is 33.3. The fraction of sp³-hybridized carbons (Fsp3) is 0.0800. The molecular formula is C25H20N2OS. The molecule has 1 aliphatic heterocycles. The van der Waals surface area contributed by atoms with E-state index < -0.39 is 0 Å². The minimum atomic E-state index is 0.123. The number of hydrazone groups is 1. The summed E-state index contributed by atoms with van der Waals surface area (Å²) in [7, 11) is 0. The third-order valence-electron chi connectivity index (χ3n) is 4.99. The van der Waals surface area contributed by atoms with Crippen LogP contribution in [0.2, 0.25) is 0 Å². The molecule has 4 aromatic rings. The van der Waals surface area contributed by atoms with Crippen LogP contribution in [0.25, 0.3) is 10.8 Å². The number of thioether (sulfide) groups is 1. The van der Waals surface area contributed by atoms with E-state index in [0.717, 1.165) is 16.4 Å². The molecule has 0 aliphatic carbocycles. The number of ether oxygens (including phenoxy) is 1. The molecule has 1 atom stereocenters. The summed E-state index contributed by atoms with van der Waals surface area (Å²) < 4.78 is 6.05. The van der Waals surface area contributed by atoms with Gasteiger partial charge in [-0.05, 0) is 34.0 Å². The molecule has 142 valence electrons. The SMILES string of the molecule is c1ccc(C2=NN[C@H](c3ccc(OCc4cccc5ccccc45)cc3)S2)cc1. The second-order valence-electron chi connectivity index (χ2n) is 6.91. The summed E-state index contributed by atoms with van der Waals surface area (Å²) in [5.41, 5.74) is 6.75. The second kappa shape index (κ2) is 8.02. The van der Waals surface area contributed by atoms with Gasteiger partial charge in [-0.3, -0.25) is 5.43 Å². The smallest absolute Gasteiger partial charge is 0.126 e. The molecule has 0 fully saturated rings. The average molecular weight is 397 g/mol. The zero-order valence-corrected chi connectivity index (χ0v) is 16.6. The normalized spacial score (nSPS) is 15.7. The Balaban J connectivity index is 1.24. The van der Waals surface area contributed by atoms with Crippen molar-refractivity contribution in [1.82, 2.24) is 5.43 Å². The summed E-state index contributed by atoms with van der Waals surface area (Å²) in [4.78, 5) is 0. The van der Waals surface area contributed by atoms with Crippen molar-refractivity contribution in [3.05, 3.63) is 114 Å².